The van der Waals surface area contributed by atoms with Crippen molar-refractivity contribution in [3.8, 4) is 0 Å². The van der Waals surface area contributed by atoms with E-state index in [1.807, 2.05) is 59.7 Å². The summed E-state index contributed by atoms with van der Waals surface area (Å²) in [6.45, 7) is 2.62. The molecule has 2 aliphatic heterocycles. The quantitative estimate of drug-likeness (QED) is 0.659. The third kappa shape index (κ3) is 4.19. The van der Waals surface area contributed by atoms with Crippen LogP contribution < -0.4 is 15.5 Å². The molecule has 3 aliphatic rings. The number of hydrogen-bond donors (Lipinski definition) is 2. The molecule has 0 bridgehead atoms. The molecule has 3 fully saturated rings. The molecule has 33 heavy (non-hydrogen) atoms. The normalized spacial score (nSPS) is 21.1. The van der Waals surface area contributed by atoms with Crippen molar-refractivity contribution in [2.75, 3.05) is 42.7 Å². The molecule has 4 amide bonds. The van der Waals surface area contributed by atoms with Crippen molar-refractivity contribution >= 4 is 41.0 Å². The first kappa shape index (κ1) is 21.8. The van der Waals surface area contributed by atoms with Crippen LogP contribution in [-0.4, -0.2) is 55.2 Å². The topological polar surface area (TPSA) is 81.8 Å². The van der Waals surface area contributed by atoms with Crippen LogP contribution in [0.2, 0.25) is 0 Å². The maximum Gasteiger partial charge on any atom is 0.321 e. The summed E-state index contributed by atoms with van der Waals surface area (Å²) in [5.41, 5.74) is 2.26. The molecule has 2 aromatic rings. The highest BCUT2D eigenvalue weighted by atomic mass is 32.2. The Morgan fingerprint density at radius 2 is 1.88 bits per heavy atom. The molecule has 1 aliphatic carbocycles. The van der Waals surface area contributed by atoms with Crippen molar-refractivity contribution in [3.63, 3.8) is 0 Å². The number of nitrogens with one attached hydrogen (secondary N) is 2. The lowest BCUT2D eigenvalue weighted by Crippen LogP contribution is -2.40. The Balaban J connectivity index is 1.18. The molecule has 2 aromatic carbocycles. The summed E-state index contributed by atoms with van der Waals surface area (Å²) in [4.78, 5) is 42.5. The van der Waals surface area contributed by atoms with Gasteiger partial charge < -0.3 is 15.5 Å². The third-order valence-corrected chi connectivity index (χ3v) is 7.97. The van der Waals surface area contributed by atoms with Crippen LogP contribution in [0, 0.1) is 11.3 Å². The molecule has 5 rings (SSSR count). The van der Waals surface area contributed by atoms with E-state index in [0.717, 1.165) is 35.4 Å². The van der Waals surface area contributed by atoms with Crippen LogP contribution in [0.3, 0.4) is 0 Å². The predicted octanol–water partition coefficient (Wildman–Crippen LogP) is 3.82. The van der Waals surface area contributed by atoms with Gasteiger partial charge in [-0.05, 0) is 61.3 Å². The summed E-state index contributed by atoms with van der Waals surface area (Å²) in [6, 6.07) is 15.1. The zero-order valence-electron chi connectivity index (χ0n) is 18.7. The second-order valence-corrected chi connectivity index (χ2v) is 9.88. The van der Waals surface area contributed by atoms with Gasteiger partial charge in [0, 0.05) is 48.4 Å². The molecular formula is C25H28N4O3S. The highest BCUT2D eigenvalue weighted by molar-refractivity contribution is 7.98. The standard InChI is InChI=1S/C25H28N4O3S/c1-33-21-8-3-2-7-19(21)23(31)28-12-9-25(10-13-28)16-20(25)22(30)27-17-5-4-6-18(15-17)29-14-11-26-24(29)32/h2-8,15,20H,9-14,16H2,1H3,(H,26,32)(H,27,30)/t20-/m1/s1. The second kappa shape index (κ2) is 8.74. The second-order valence-electron chi connectivity index (χ2n) is 9.03. The number of nitrogens with zero attached hydrogens (tertiary/aromatic N) is 2. The average Bonchev–Trinajstić information content (AvgIpc) is 3.37. The summed E-state index contributed by atoms with van der Waals surface area (Å²) in [5, 5.41) is 5.84. The minimum absolute atomic E-state index is 0.00629. The van der Waals surface area contributed by atoms with Gasteiger partial charge in [-0.3, -0.25) is 14.5 Å². The van der Waals surface area contributed by atoms with E-state index in [1.54, 1.807) is 16.7 Å². The number of anilines is 2. The number of thioether (sulfide) groups is 1. The maximum absolute atomic E-state index is 13.0. The fourth-order valence-corrected chi connectivity index (χ4v) is 5.71. The summed E-state index contributed by atoms with van der Waals surface area (Å²) in [6.07, 6.45) is 4.56. The smallest absolute Gasteiger partial charge is 0.321 e. The van der Waals surface area contributed by atoms with Crippen molar-refractivity contribution in [1.82, 2.24) is 10.2 Å². The van der Waals surface area contributed by atoms with E-state index >= 15 is 0 Å². The first-order valence-electron chi connectivity index (χ1n) is 11.4. The Bertz CT molecular complexity index is 1100. The Morgan fingerprint density at radius 1 is 1.09 bits per heavy atom. The van der Waals surface area contributed by atoms with Crippen molar-refractivity contribution in [2.45, 2.75) is 24.2 Å². The Morgan fingerprint density at radius 3 is 2.61 bits per heavy atom. The number of amides is 4. The van der Waals surface area contributed by atoms with Gasteiger partial charge in [0.15, 0.2) is 0 Å². The highest BCUT2D eigenvalue weighted by Gasteiger charge is 2.58. The Hall–Kier alpha value is -3.00. The number of likely N-dealkylation sites (tertiary alicyclic amines) is 1. The molecule has 2 heterocycles. The van der Waals surface area contributed by atoms with Gasteiger partial charge in [0.05, 0.1) is 5.56 Å². The van der Waals surface area contributed by atoms with Gasteiger partial charge >= 0.3 is 6.03 Å². The van der Waals surface area contributed by atoms with E-state index < -0.39 is 0 Å². The van der Waals surface area contributed by atoms with E-state index in [9.17, 15) is 14.4 Å². The summed E-state index contributed by atoms with van der Waals surface area (Å²) in [5.74, 6) is 0.0942. The van der Waals surface area contributed by atoms with Crippen molar-refractivity contribution in [1.29, 1.82) is 0 Å². The largest absolute Gasteiger partial charge is 0.339 e. The molecule has 172 valence electrons. The average molecular weight is 465 g/mol. The molecule has 2 N–H and O–H groups in total. The maximum atomic E-state index is 13.0. The SMILES string of the molecule is CSc1ccccc1C(=O)N1CCC2(CC1)C[C@@H]2C(=O)Nc1cccc(N2CCNC2=O)c1. The monoisotopic (exact) mass is 464 g/mol. The molecule has 2 saturated heterocycles. The van der Waals surface area contributed by atoms with E-state index in [-0.39, 0.29) is 29.2 Å². The number of urea groups is 1. The highest BCUT2D eigenvalue weighted by Crippen LogP contribution is 2.59. The summed E-state index contributed by atoms with van der Waals surface area (Å²) >= 11 is 1.59. The minimum atomic E-state index is -0.110. The lowest BCUT2D eigenvalue weighted by molar-refractivity contribution is -0.118. The molecule has 0 unspecified atom stereocenters. The van der Waals surface area contributed by atoms with Gasteiger partial charge in [-0.1, -0.05) is 18.2 Å². The lowest BCUT2D eigenvalue weighted by Gasteiger charge is -2.33. The number of rotatable bonds is 5. The number of carbonyl (C=O) groups excluding carboxylic acids is 3. The third-order valence-electron chi connectivity index (χ3n) is 7.17. The number of hydrogen-bond acceptors (Lipinski definition) is 4. The first-order valence-corrected chi connectivity index (χ1v) is 12.6. The van der Waals surface area contributed by atoms with Gasteiger partial charge in [-0.25, -0.2) is 4.79 Å². The van der Waals surface area contributed by atoms with Crippen LogP contribution in [0.25, 0.3) is 0 Å². The number of piperidine rings is 1. The van der Waals surface area contributed by atoms with E-state index in [1.165, 1.54) is 0 Å². The Labute approximate surface area is 197 Å². The van der Waals surface area contributed by atoms with Gasteiger partial charge in [0.2, 0.25) is 5.91 Å². The first-order chi connectivity index (χ1) is 16.0. The molecule has 7 nitrogen and oxygen atoms in total. The molecule has 0 aromatic heterocycles. The van der Waals surface area contributed by atoms with Crippen LogP contribution in [0.15, 0.2) is 53.4 Å². The molecule has 1 saturated carbocycles. The zero-order valence-corrected chi connectivity index (χ0v) is 19.5. The predicted molar refractivity (Wildman–Crippen MR) is 130 cm³/mol. The number of benzene rings is 2. The Kier molecular flexibility index (Phi) is 5.78. The van der Waals surface area contributed by atoms with Crippen molar-refractivity contribution in [3.05, 3.63) is 54.1 Å². The zero-order chi connectivity index (χ0) is 23.0. The lowest BCUT2D eigenvalue weighted by atomic mass is 9.90. The van der Waals surface area contributed by atoms with Crippen LogP contribution in [0.4, 0.5) is 16.2 Å². The molecule has 1 atom stereocenters. The molecule has 0 radical (unpaired) electrons. The molecular weight excluding hydrogens is 436 g/mol. The fourth-order valence-electron chi connectivity index (χ4n) is 5.12. The van der Waals surface area contributed by atoms with Crippen LogP contribution in [0.5, 0.6) is 0 Å². The van der Waals surface area contributed by atoms with Gasteiger partial charge in [0.25, 0.3) is 5.91 Å². The van der Waals surface area contributed by atoms with E-state index in [4.69, 9.17) is 0 Å². The van der Waals surface area contributed by atoms with Gasteiger partial charge in [0.1, 0.15) is 0 Å². The summed E-state index contributed by atoms with van der Waals surface area (Å²) in [7, 11) is 0. The molecule has 1 spiro atoms. The van der Waals surface area contributed by atoms with Crippen molar-refractivity contribution in [2.24, 2.45) is 11.3 Å². The van der Waals surface area contributed by atoms with E-state index in [0.29, 0.717) is 31.9 Å². The summed E-state index contributed by atoms with van der Waals surface area (Å²) < 4.78 is 0. The van der Waals surface area contributed by atoms with Crippen LogP contribution in [0.1, 0.15) is 29.6 Å². The van der Waals surface area contributed by atoms with Crippen LogP contribution >= 0.6 is 11.8 Å². The molecule has 8 heteroatoms. The van der Waals surface area contributed by atoms with Gasteiger partial charge in [-0.15, -0.1) is 11.8 Å². The van der Waals surface area contributed by atoms with Gasteiger partial charge in [-0.2, -0.15) is 0 Å². The minimum Gasteiger partial charge on any atom is -0.339 e. The van der Waals surface area contributed by atoms with Crippen molar-refractivity contribution < 1.29 is 14.4 Å². The van der Waals surface area contributed by atoms with E-state index in [2.05, 4.69) is 10.6 Å². The van der Waals surface area contributed by atoms with Crippen LogP contribution in [-0.2, 0) is 4.79 Å². The fraction of sp³-hybridized carbons (Fsp3) is 0.400. The number of carbonyl (C=O) groups is 3.